The monoisotopic (exact) mass is 219 g/mol. The van der Waals surface area contributed by atoms with Crippen LogP contribution in [0.15, 0.2) is 24.3 Å². The van der Waals surface area contributed by atoms with Gasteiger partial charge in [-0.3, -0.25) is 0 Å². The predicted molar refractivity (Wildman–Crippen MR) is 66.6 cm³/mol. The maximum Gasteiger partial charge on any atom is 0.0950 e. The Bertz CT molecular complexity index is 312. The standard InChI is InChI=1S/C14H21NO/c1-3-11-5-7-12(8-6-11)14-9-15-13(4-2)10-16-14/h5-8,13-15H,3-4,9-10H2,1-2H3. The van der Waals surface area contributed by atoms with Crippen molar-refractivity contribution in [1.29, 1.82) is 0 Å². The zero-order valence-electron chi connectivity index (χ0n) is 10.2. The third kappa shape index (κ3) is 2.63. The second-order valence-electron chi connectivity index (χ2n) is 4.43. The molecule has 1 fully saturated rings. The van der Waals surface area contributed by atoms with Gasteiger partial charge in [-0.15, -0.1) is 0 Å². The maximum absolute atomic E-state index is 5.88. The highest BCUT2D eigenvalue weighted by molar-refractivity contribution is 5.24. The topological polar surface area (TPSA) is 21.3 Å². The van der Waals surface area contributed by atoms with Crippen molar-refractivity contribution in [2.24, 2.45) is 0 Å². The van der Waals surface area contributed by atoms with Crippen molar-refractivity contribution in [3.05, 3.63) is 35.4 Å². The van der Waals surface area contributed by atoms with E-state index in [9.17, 15) is 0 Å². The Morgan fingerprint density at radius 1 is 1.25 bits per heavy atom. The highest BCUT2D eigenvalue weighted by Gasteiger charge is 2.20. The van der Waals surface area contributed by atoms with E-state index in [1.165, 1.54) is 11.1 Å². The lowest BCUT2D eigenvalue weighted by Gasteiger charge is -2.30. The van der Waals surface area contributed by atoms with Crippen LogP contribution in [-0.4, -0.2) is 19.2 Å². The lowest BCUT2D eigenvalue weighted by molar-refractivity contribution is 0.00222. The van der Waals surface area contributed by atoms with Crippen LogP contribution >= 0.6 is 0 Å². The van der Waals surface area contributed by atoms with Gasteiger partial charge < -0.3 is 10.1 Å². The molecule has 2 atom stereocenters. The summed E-state index contributed by atoms with van der Waals surface area (Å²) >= 11 is 0. The first-order valence-corrected chi connectivity index (χ1v) is 6.27. The number of rotatable bonds is 3. The van der Waals surface area contributed by atoms with E-state index >= 15 is 0 Å². The minimum atomic E-state index is 0.230. The molecule has 1 aliphatic rings. The fourth-order valence-corrected chi connectivity index (χ4v) is 2.07. The predicted octanol–water partition coefficient (Wildman–Crippen LogP) is 2.69. The third-order valence-corrected chi connectivity index (χ3v) is 3.34. The van der Waals surface area contributed by atoms with Gasteiger partial charge in [-0.1, -0.05) is 38.1 Å². The van der Waals surface area contributed by atoms with Gasteiger partial charge in [0.1, 0.15) is 0 Å². The van der Waals surface area contributed by atoms with Crippen molar-refractivity contribution >= 4 is 0 Å². The van der Waals surface area contributed by atoms with Gasteiger partial charge in [-0.05, 0) is 24.0 Å². The molecule has 1 aromatic rings. The quantitative estimate of drug-likeness (QED) is 0.844. The molecule has 1 saturated heterocycles. The molecule has 0 amide bonds. The molecule has 0 bridgehead atoms. The number of ether oxygens (including phenoxy) is 1. The largest absolute Gasteiger partial charge is 0.371 e. The molecule has 1 aromatic carbocycles. The highest BCUT2D eigenvalue weighted by Crippen LogP contribution is 2.21. The summed E-state index contributed by atoms with van der Waals surface area (Å²) in [6, 6.07) is 9.32. The molecule has 0 radical (unpaired) electrons. The zero-order valence-corrected chi connectivity index (χ0v) is 10.2. The normalized spacial score (nSPS) is 25.6. The van der Waals surface area contributed by atoms with Gasteiger partial charge in [0.25, 0.3) is 0 Å². The summed E-state index contributed by atoms with van der Waals surface area (Å²) in [5.41, 5.74) is 2.68. The molecule has 0 saturated carbocycles. The average molecular weight is 219 g/mol. The van der Waals surface area contributed by atoms with Gasteiger partial charge in [-0.2, -0.15) is 0 Å². The molecular formula is C14H21NO. The number of hydrogen-bond acceptors (Lipinski definition) is 2. The Balaban J connectivity index is 1.97. The van der Waals surface area contributed by atoms with Crippen molar-refractivity contribution < 1.29 is 4.74 Å². The smallest absolute Gasteiger partial charge is 0.0950 e. The molecule has 1 heterocycles. The number of hydrogen-bond donors (Lipinski definition) is 1. The van der Waals surface area contributed by atoms with E-state index in [0.717, 1.165) is 26.0 Å². The maximum atomic E-state index is 5.88. The van der Waals surface area contributed by atoms with Crippen LogP contribution in [0.3, 0.4) is 0 Å². The molecule has 2 nitrogen and oxygen atoms in total. The van der Waals surface area contributed by atoms with E-state index in [0.29, 0.717) is 6.04 Å². The van der Waals surface area contributed by atoms with Crippen molar-refractivity contribution in [3.63, 3.8) is 0 Å². The summed E-state index contributed by atoms with van der Waals surface area (Å²) in [5.74, 6) is 0. The van der Waals surface area contributed by atoms with Crippen LogP contribution in [0.2, 0.25) is 0 Å². The molecule has 2 heteroatoms. The Kier molecular flexibility index (Phi) is 3.97. The Morgan fingerprint density at radius 2 is 2.00 bits per heavy atom. The first kappa shape index (κ1) is 11.6. The van der Waals surface area contributed by atoms with Crippen LogP contribution in [0.25, 0.3) is 0 Å². The summed E-state index contributed by atoms with van der Waals surface area (Å²) < 4.78 is 5.88. The number of benzene rings is 1. The molecule has 0 aliphatic carbocycles. The minimum Gasteiger partial charge on any atom is -0.371 e. The average Bonchev–Trinajstić information content (AvgIpc) is 2.39. The highest BCUT2D eigenvalue weighted by atomic mass is 16.5. The van der Waals surface area contributed by atoms with E-state index in [4.69, 9.17) is 4.74 Å². The van der Waals surface area contributed by atoms with E-state index < -0.39 is 0 Å². The first-order valence-electron chi connectivity index (χ1n) is 6.27. The van der Waals surface area contributed by atoms with Crippen molar-refractivity contribution in [3.8, 4) is 0 Å². The number of aryl methyl sites for hydroxylation is 1. The summed E-state index contributed by atoms with van der Waals surface area (Å²) in [5, 5.41) is 3.52. The van der Waals surface area contributed by atoms with Gasteiger partial charge in [0, 0.05) is 12.6 Å². The Hall–Kier alpha value is -0.860. The van der Waals surface area contributed by atoms with Crippen LogP contribution in [-0.2, 0) is 11.2 Å². The summed E-state index contributed by atoms with van der Waals surface area (Å²) in [6.45, 7) is 6.14. The van der Waals surface area contributed by atoms with E-state index in [1.54, 1.807) is 0 Å². The van der Waals surface area contributed by atoms with E-state index in [2.05, 4.69) is 43.4 Å². The molecule has 1 N–H and O–H groups in total. The zero-order chi connectivity index (χ0) is 11.4. The van der Waals surface area contributed by atoms with Crippen LogP contribution in [0.1, 0.15) is 37.5 Å². The van der Waals surface area contributed by atoms with Gasteiger partial charge in [0.2, 0.25) is 0 Å². The van der Waals surface area contributed by atoms with Gasteiger partial charge in [0.15, 0.2) is 0 Å². The van der Waals surface area contributed by atoms with Crippen molar-refractivity contribution in [2.45, 2.75) is 38.8 Å². The fourth-order valence-electron chi connectivity index (χ4n) is 2.07. The SMILES string of the molecule is CCc1ccc(C2CNC(CC)CO2)cc1. The molecule has 0 aromatic heterocycles. The van der Waals surface area contributed by atoms with Crippen molar-refractivity contribution in [2.75, 3.05) is 13.2 Å². The first-order chi connectivity index (χ1) is 7.83. The number of morpholine rings is 1. The van der Waals surface area contributed by atoms with Crippen LogP contribution in [0.5, 0.6) is 0 Å². The fraction of sp³-hybridized carbons (Fsp3) is 0.571. The molecule has 2 unspecified atom stereocenters. The molecule has 88 valence electrons. The molecule has 0 spiro atoms. The van der Waals surface area contributed by atoms with Crippen LogP contribution in [0, 0.1) is 0 Å². The number of nitrogens with one attached hydrogen (secondary N) is 1. The van der Waals surface area contributed by atoms with Crippen molar-refractivity contribution in [1.82, 2.24) is 5.32 Å². The lowest BCUT2D eigenvalue weighted by Crippen LogP contribution is -2.42. The van der Waals surface area contributed by atoms with E-state index in [1.807, 2.05) is 0 Å². The minimum absolute atomic E-state index is 0.230. The molecule has 1 aliphatic heterocycles. The summed E-state index contributed by atoms with van der Waals surface area (Å²) in [6.07, 6.45) is 2.47. The van der Waals surface area contributed by atoms with E-state index in [-0.39, 0.29) is 6.10 Å². The molecule has 2 rings (SSSR count). The third-order valence-electron chi connectivity index (χ3n) is 3.34. The van der Waals surface area contributed by atoms with Gasteiger partial charge in [-0.25, -0.2) is 0 Å². The van der Waals surface area contributed by atoms with Gasteiger partial charge in [0.05, 0.1) is 12.7 Å². The molecular weight excluding hydrogens is 198 g/mol. The second-order valence-corrected chi connectivity index (χ2v) is 4.43. The van der Waals surface area contributed by atoms with Gasteiger partial charge >= 0.3 is 0 Å². The second kappa shape index (κ2) is 5.46. The Morgan fingerprint density at radius 3 is 2.50 bits per heavy atom. The van der Waals surface area contributed by atoms with Crippen LogP contribution in [0.4, 0.5) is 0 Å². The van der Waals surface area contributed by atoms with Crippen LogP contribution < -0.4 is 5.32 Å². The Labute approximate surface area is 98.0 Å². The summed E-state index contributed by atoms with van der Waals surface area (Å²) in [7, 11) is 0. The molecule has 16 heavy (non-hydrogen) atoms. The summed E-state index contributed by atoms with van der Waals surface area (Å²) in [4.78, 5) is 0. The lowest BCUT2D eigenvalue weighted by atomic mass is 10.0.